The Hall–Kier alpha value is -4.01. The molecule has 9 heteroatoms. The lowest BCUT2D eigenvalue weighted by Gasteiger charge is -2.07. The topological polar surface area (TPSA) is 114 Å². The standard InChI is InChI=1S/C21H17N7O2/c1-27-18-6-11(2-3-12(18)9-24-27)13-7-14(13)15-8-17(26-28-5-4-22-19(15)28)16-10-23-21(30)25-20(16)29/h2-6,8-10,13-14H,7H2,1H3,(H2,23,25,29,30)/t13-,14-/m1/s1. The molecule has 0 bridgehead atoms. The zero-order valence-electron chi connectivity index (χ0n) is 16.0. The predicted molar refractivity (Wildman–Crippen MR) is 110 cm³/mol. The van der Waals surface area contributed by atoms with Gasteiger partial charge in [-0.2, -0.15) is 10.2 Å². The number of rotatable bonds is 3. The van der Waals surface area contributed by atoms with E-state index in [4.69, 9.17) is 0 Å². The highest BCUT2D eigenvalue weighted by Crippen LogP contribution is 2.55. The Morgan fingerprint density at radius 3 is 2.93 bits per heavy atom. The number of nitrogens with one attached hydrogen (secondary N) is 2. The van der Waals surface area contributed by atoms with Gasteiger partial charge in [0.05, 0.1) is 23.0 Å². The van der Waals surface area contributed by atoms with Gasteiger partial charge in [-0.3, -0.25) is 14.5 Å². The van der Waals surface area contributed by atoms with E-state index in [0.29, 0.717) is 17.2 Å². The SMILES string of the molecule is Cn1ncc2ccc([C@H]3C[C@H]3c3cc(-c4c[nH]c(=O)[nH]c4=O)nn4ccnc34)cc21. The molecule has 0 amide bonds. The average Bonchev–Trinajstić information content (AvgIpc) is 3.23. The highest BCUT2D eigenvalue weighted by molar-refractivity contribution is 5.79. The monoisotopic (exact) mass is 399 g/mol. The van der Waals surface area contributed by atoms with Gasteiger partial charge in [0, 0.05) is 36.6 Å². The molecule has 30 heavy (non-hydrogen) atoms. The fraction of sp³-hybridized carbons (Fsp3) is 0.190. The molecule has 0 aliphatic heterocycles. The van der Waals surface area contributed by atoms with E-state index in [1.54, 1.807) is 16.9 Å². The van der Waals surface area contributed by atoms with Gasteiger partial charge in [-0.15, -0.1) is 0 Å². The van der Waals surface area contributed by atoms with Crippen LogP contribution in [0.15, 0.2) is 58.6 Å². The Morgan fingerprint density at radius 2 is 2.07 bits per heavy atom. The molecule has 5 aromatic rings. The average molecular weight is 399 g/mol. The Morgan fingerprint density at radius 1 is 1.17 bits per heavy atom. The van der Waals surface area contributed by atoms with Crippen LogP contribution in [-0.2, 0) is 7.05 Å². The molecule has 0 saturated heterocycles. The minimum absolute atomic E-state index is 0.282. The van der Waals surface area contributed by atoms with Gasteiger partial charge in [-0.05, 0) is 36.0 Å². The van der Waals surface area contributed by atoms with Gasteiger partial charge in [0.1, 0.15) is 0 Å². The second kappa shape index (κ2) is 5.99. The number of nitrogens with zero attached hydrogens (tertiary/aromatic N) is 5. The van der Waals surface area contributed by atoms with Gasteiger partial charge < -0.3 is 4.98 Å². The van der Waals surface area contributed by atoms with Crippen molar-refractivity contribution >= 4 is 16.6 Å². The number of aromatic nitrogens is 7. The molecule has 4 aromatic heterocycles. The van der Waals surface area contributed by atoms with Crippen LogP contribution in [0.5, 0.6) is 0 Å². The summed E-state index contributed by atoms with van der Waals surface area (Å²) in [6, 6.07) is 8.38. The van der Waals surface area contributed by atoms with Crippen molar-refractivity contribution in [3.05, 3.63) is 81.0 Å². The highest BCUT2D eigenvalue weighted by atomic mass is 16.2. The largest absolute Gasteiger partial charge is 0.325 e. The van der Waals surface area contributed by atoms with E-state index in [2.05, 4.69) is 43.3 Å². The Bertz CT molecular complexity index is 1560. The summed E-state index contributed by atoms with van der Waals surface area (Å²) in [5, 5.41) is 9.96. The number of aryl methyl sites for hydroxylation is 1. The van der Waals surface area contributed by atoms with Crippen molar-refractivity contribution in [2.75, 3.05) is 0 Å². The maximum Gasteiger partial charge on any atom is 0.325 e. The number of aromatic amines is 2. The molecule has 1 fully saturated rings. The summed E-state index contributed by atoms with van der Waals surface area (Å²) in [4.78, 5) is 32.9. The van der Waals surface area contributed by atoms with Crippen LogP contribution in [0.4, 0.5) is 0 Å². The molecule has 2 N–H and O–H groups in total. The smallest absolute Gasteiger partial charge is 0.313 e. The van der Waals surface area contributed by atoms with Gasteiger partial charge in [0.15, 0.2) is 5.65 Å². The fourth-order valence-electron chi connectivity index (χ4n) is 4.24. The van der Waals surface area contributed by atoms with Crippen molar-refractivity contribution in [3.8, 4) is 11.3 Å². The van der Waals surface area contributed by atoms with Crippen LogP contribution in [0, 0.1) is 0 Å². The van der Waals surface area contributed by atoms with Crippen LogP contribution in [0.2, 0.25) is 0 Å². The van der Waals surface area contributed by atoms with Crippen molar-refractivity contribution in [3.63, 3.8) is 0 Å². The van der Waals surface area contributed by atoms with E-state index in [1.165, 1.54) is 11.8 Å². The maximum atomic E-state index is 12.3. The Kier molecular flexibility index (Phi) is 3.38. The van der Waals surface area contributed by atoms with Crippen molar-refractivity contribution in [2.45, 2.75) is 18.3 Å². The molecule has 2 atom stereocenters. The Balaban J connectivity index is 1.45. The number of benzene rings is 1. The second-order valence-electron chi connectivity index (χ2n) is 7.70. The second-order valence-corrected chi connectivity index (χ2v) is 7.70. The molecular formula is C21H17N7O2. The van der Waals surface area contributed by atoms with Crippen LogP contribution in [0.1, 0.15) is 29.4 Å². The summed E-state index contributed by atoms with van der Waals surface area (Å²) in [5.74, 6) is 0.651. The van der Waals surface area contributed by atoms with Crippen LogP contribution in [-0.4, -0.2) is 34.3 Å². The molecule has 4 heterocycles. The first-order valence-corrected chi connectivity index (χ1v) is 9.67. The lowest BCUT2D eigenvalue weighted by atomic mass is 10.0. The quantitative estimate of drug-likeness (QED) is 0.481. The molecule has 6 rings (SSSR count). The number of hydrogen-bond acceptors (Lipinski definition) is 5. The number of hydrogen-bond donors (Lipinski definition) is 2. The molecule has 1 aromatic carbocycles. The fourth-order valence-corrected chi connectivity index (χ4v) is 4.24. The molecule has 148 valence electrons. The predicted octanol–water partition coefficient (Wildman–Crippen LogP) is 1.93. The van der Waals surface area contributed by atoms with E-state index >= 15 is 0 Å². The molecule has 9 nitrogen and oxygen atoms in total. The normalized spacial score (nSPS) is 18.3. The van der Waals surface area contributed by atoms with E-state index in [0.717, 1.165) is 28.5 Å². The summed E-state index contributed by atoms with van der Waals surface area (Å²) in [6.45, 7) is 0. The lowest BCUT2D eigenvalue weighted by Crippen LogP contribution is -2.23. The molecule has 0 radical (unpaired) electrons. The zero-order chi connectivity index (χ0) is 20.4. The summed E-state index contributed by atoms with van der Waals surface area (Å²) in [5.41, 5.74) is 4.02. The lowest BCUT2D eigenvalue weighted by molar-refractivity contribution is 0.796. The molecular weight excluding hydrogens is 382 g/mol. The van der Waals surface area contributed by atoms with E-state index in [9.17, 15) is 9.59 Å². The summed E-state index contributed by atoms with van der Waals surface area (Å²) >= 11 is 0. The van der Waals surface area contributed by atoms with Crippen molar-refractivity contribution in [1.82, 2.24) is 34.3 Å². The summed E-state index contributed by atoms with van der Waals surface area (Å²) < 4.78 is 3.57. The first-order valence-electron chi connectivity index (χ1n) is 9.67. The van der Waals surface area contributed by atoms with Gasteiger partial charge in [0.2, 0.25) is 0 Å². The summed E-state index contributed by atoms with van der Waals surface area (Å²) in [7, 11) is 1.95. The van der Waals surface area contributed by atoms with Gasteiger partial charge in [-0.25, -0.2) is 14.3 Å². The summed E-state index contributed by atoms with van der Waals surface area (Å²) in [6.07, 6.45) is 7.73. The highest BCUT2D eigenvalue weighted by Gasteiger charge is 2.41. The number of H-pyrrole nitrogens is 2. The van der Waals surface area contributed by atoms with Crippen LogP contribution >= 0.6 is 0 Å². The molecule has 0 unspecified atom stereocenters. The minimum Gasteiger partial charge on any atom is -0.313 e. The number of fused-ring (bicyclic) bond motifs is 2. The van der Waals surface area contributed by atoms with Gasteiger partial charge in [-0.1, -0.05) is 12.1 Å². The third-order valence-electron chi connectivity index (χ3n) is 5.87. The van der Waals surface area contributed by atoms with Crippen molar-refractivity contribution < 1.29 is 0 Å². The van der Waals surface area contributed by atoms with E-state index < -0.39 is 11.2 Å². The van der Waals surface area contributed by atoms with E-state index in [1.807, 2.05) is 24.0 Å². The first kappa shape index (κ1) is 16.9. The molecule has 0 spiro atoms. The molecule has 1 aliphatic carbocycles. The molecule has 1 aliphatic rings. The minimum atomic E-state index is -0.541. The Labute approximate surface area is 169 Å². The number of imidazole rings is 1. The van der Waals surface area contributed by atoms with Crippen LogP contribution in [0.25, 0.3) is 27.8 Å². The van der Waals surface area contributed by atoms with Gasteiger partial charge >= 0.3 is 5.69 Å². The maximum absolute atomic E-state index is 12.3. The zero-order valence-corrected chi connectivity index (χ0v) is 16.0. The van der Waals surface area contributed by atoms with Gasteiger partial charge in [0.25, 0.3) is 5.56 Å². The van der Waals surface area contributed by atoms with Crippen molar-refractivity contribution in [2.24, 2.45) is 7.05 Å². The first-order chi connectivity index (χ1) is 14.6. The van der Waals surface area contributed by atoms with E-state index in [-0.39, 0.29) is 5.92 Å². The van der Waals surface area contributed by atoms with Crippen LogP contribution < -0.4 is 11.2 Å². The third kappa shape index (κ3) is 2.52. The van der Waals surface area contributed by atoms with Crippen LogP contribution in [0.3, 0.4) is 0 Å². The third-order valence-corrected chi connectivity index (χ3v) is 5.87. The van der Waals surface area contributed by atoms with Crippen molar-refractivity contribution in [1.29, 1.82) is 0 Å². The molecule has 1 saturated carbocycles.